The molecule has 10 nitrogen and oxygen atoms in total. The van der Waals surface area contributed by atoms with Crippen LogP contribution in [0, 0.1) is 40.9 Å². The Hall–Kier alpha value is -1.96. The van der Waals surface area contributed by atoms with Crippen molar-refractivity contribution in [3.05, 3.63) is 12.2 Å². The van der Waals surface area contributed by atoms with Crippen molar-refractivity contribution in [2.24, 2.45) is 62.7 Å². The number of nitrogens with two attached hydrogens (primary N) is 3. The van der Waals surface area contributed by atoms with Gasteiger partial charge in [0.25, 0.3) is 0 Å². The first-order valence-corrected chi connectivity index (χ1v) is 23.3. The monoisotopic (exact) mass is 841 g/mol. The molecular formula is C43H80N6O4S3. The maximum Gasteiger partial charge on any atom is 0.163 e. The summed E-state index contributed by atoms with van der Waals surface area (Å²) >= 11 is 7.43. The van der Waals surface area contributed by atoms with Crippen molar-refractivity contribution in [2.45, 2.75) is 164 Å². The van der Waals surface area contributed by atoms with Crippen molar-refractivity contribution in [3.63, 3.8) is 0 Å². The molecule has 13 heteroatoms. The summed E-state index contributed by atoms with van der Waals surface area (Å²) in [6.07, 6.45) is 9.06. The fraction of sp³-hybridized carbons (Fsp3) is 0.791. The van der Waals surface area contributed by atoms with E-state index >= 15 is 0 Å². The van der Waals surface area contributed by atoms with Gasteiger partial charge in [0.15, 0.2) is 17.3 Å². The molecule has 0 aromatic carbocycles. The standard InChI is InChI=1S/C16H28N2O2S.C11H24N2S.C7H17N.C5H4O2.C4H7NS/c1-10(2)16(11(3)4)18-15(17)6-5-7-21-14-9-12(19)8-13(14)20;1-8(2)11(9(3)4)13-10(12)6-5-7-14;1-5(2)7(8)6(3)4;6-4-1-2-5(7)3-4;5-4-2-1-3-6-4/h10-11,14,16H,5-9H2,1-4H3,(H2,17,18);8-9,11,14H,5-7H2,1-4H3,(H2,12,13);5-7H,8H2,1-4H3;1-2H,3H2;5H,1-3H2. The highest BCUT2D eigenvalue weighted by molar-refractivity contribution is 8.14. The lowest BCUT2D eigenvalue weighted by Crippen LogP contribution is -2.31. The Morgan fingerprint density at radius 3 is 1.46 bits per heavy atom. The zero-order chi connectivity index (χ0) is 43.5. The number of aliphatic imine (C=N–C) groups is 2. The number of Topliss-reactive ketones (excluding diaryl/α,β-unsaturated/α-hetero) is 2. The number of thiol groups is 1. The van der Waals surface area contributed by atoms with Gasteiger partial charge in [0.05, 0.1) is 46.9 Å². The van der Waals surface area contributed by atoms with E-state index in [0.29, 0.717) is 59.8 Å². The number of hydrogen-bond acceptors (Lipinski definition) is 11. The van der Waals surface area contributed by atoms with Crippen LogP contribution in [0.2, 0.25) is 0 Å². The van der Waals surface area contributed by atoms with Gasteiger partial charge in [-0.05, 0) is 90.6 Å². The molecule has 0 aromatic rings. The SMILES string of the molecule is CC(C)C(N)C(C)C.CC(C)C(N=C(N)CCCS)C(C)C.CC(C)C(N=C(N)CCCSC1CC(=O)CC1=O)C(C)C.N=C1CCCS1.O=C1C=CC(=O)C1. The molecule has 1 saturated heterocycles. The first kappa shape index (κ1) is 56.1. The van der Waals surface area contributed by atoms with E-state index in [9.17, 15) is 19.2 Å². The summed E-state index contributed by atoms with van der Waals surface area (Å²) in [6.45, 7) is 26.1. The lowest BCUT2D eigenvalue weighted by molar-refractivity contribution is -0.122. The highest BCUT2D eigenvalue weighted by Gasteiger charge is 2.30. The highest BCUT2D eigenvalue weighted by atomic mass is 32.2. The van der Waals surface area contributed by atoms with Gasteiger partial charge in [-0.15, -0.1) is 11.8 Å². The number of amidine groups is 2. The Labute approximate surface area is 355 Å². The third-order valence-corrected chi connectivity index (χ3v) is 11.9. The van der Waals surface area contributed by atoms with Crippen LogP contribution in [0.3, 0.4) is 0 Å². The fourth-order valence-electron chi connectivity index (χ4n) is 5.99. The molecular weight excluding hydrogens is 761 g/mol. The number of nitrogens with zero attached hydrogens (tertiary/aromatic N) is 2. The second kappa shape index (κ2) is 32.0. The van der Waals surface area contributed by atoms with E-state index in [1.54, 1.807) is 23.5 Å². The second-order valence-corrected chi connectivity index (χ2v) is 19.7. The van der Waals surface area contributed by atoms with Crippen molar-refractivity contribution in [2.75, 3.05) is 17.3 Å². The molecule has 0 amide bonds. The zero-order valence-corrected chi connectivity index (χ0v) is 39.5. The van der Waals surface area contributed by atoms with Gasteiger partial charge in [-0.3, -0.25) is 34.6 Å². The first-order chi connectivity index (χ1) is 26.0. The Balaban J connectivity index is 0. The number of ketones is 4. The molecule has 56 heavy (non-hydrogen) atoms. The average Bonchev–Trinajstić information content (AvgIpc) is 3.83. The van der Waals surface area contributed by atoms with Gasteiger partial charge in [-0.1, -0.05) is 83.1 Å². The van der Waals surface area contributed by atoms with E-state index in [-0.39, 0.29) is 47.3 Å². The number of carbonyl (C=O) groups is 4. The molecule has 324 valence electrons. The molecule has 0 radical (unpaired) electrons. The van der Waals surface area contributed by atoms with E-state index in [0.717, 1.165) is 54.5 Å². The van der Waals surface area contributed by atoms with Crippen LogP contribution in [0.5, 0.6) is 0 Å². The van der Waals surface area contributed by atoms with Crippen LogP contribution in [0.25, 0.3) is 0 Å². The van der Waals surface area contributed by atoms with E-state index in [2.05, 4.69) is 106 Å². The average molecular weight is 841 g/mol. The van der Waals surface area contributed by atoms with E-state index in [1.807, 2.05) is 0 Å². The molecule has 3 aliphatic rings. The number of rotatable bonds is 16. The summed E-state index contributed by atoms with van der Waals surface area (Å²) in [7, 11) is 0. The quantitative estimate of drug-likeness (QED) is 0.0332. The van der Waals surface area contributed by atoms with Crippen LogP contribution in [0.1, 0.15) is 141 Å². The third-order valence-electron chi connectivity index (χ3n) is 9.16. The summed E-state index contributed by atoms with van der Waals surface area (Å²) in [5.41, 5.74) is 17.6. The summed E-state index contributed by atoms with van der Waals surface area (Å²) in [6, 6.07) is 0.997. The smallest absolute Gasteiger partial charge is 0.163 e. The molecule has 2 fully saturated rings. The summed E-state index contributed by atoms with van der Waals surface area (Å²) in [5.74, 6) is 7.75. The molecule has 1 saturated carbocycles. The summed E-state index contributed by atoms with van der Waals surface area (Å²) in [5, 5.41) is 7.77. The number of carbonyl (C=O) groups excluding carboxylic acids is 4. The van der Waals surface area contributed by atoms with Gasteiger partial charge in [-0.2, -0.15) is 24.4 Å². The topological polar surface area (TPSA) is 195 Å². The molecule has 2 aliphatic carbocycles. The van der Waals surface area contributed by atoms with Gasteiger partial charge in [0, 0.05) is 25.3 Å². The van der Waals surface area contributed by atoms with Crippen molar-refractivity contribution >= 4 is 76.0 Å². The van der Waals surface area contributed by atoms with Crippen molar-refractivity contribution in [3.8, 4) is 0 Å². The molecule has 0 spiro atoms. The van der Waals surface area contributed by atoms with Crippen LogP contribution >= 0.6 is 36.2 Å². The number of hydrogen-bond donors (Lipinski definition) is 5. The van der Waals surface area contributed by atoms with Gasteiger partial charge >= 0.3 is 0 Å². The normalized spacial score (nSPS) is 17.4. The van der Waals surface area contributed by atoms with Crippen LogP contribution in [-0.2, 0) is 19.2 Å². The lowest BCUT2D eigenvalue weighted by Gasteiger charge is -2.21. The molecule has 1 atom stereocenters. The Kier molecular flexibility index (Phi) is 32.0. The Morgan fingerprint density at radius 1 is 0.768 bits per heavy atom. The molecule has 3 rings (SSSR count). The molecule has 1 unspecified atom stereocenters. The minimum absolute atomic E-state index is 0.0787. The second-order valence-electron chi connectivity index (χ2n) is 16.8. The maximum atomic E-state index is 11.5. The number of thioether (sulfide) groups is 2. The fourth-order valence-corrected chi connectivity index (χ4v) is 8.14. The van der Waals surface area contributed by atoms with Crippen molar-refractivity contribution < 1.29 is 19.2 Å². The Morgan fingerprint density at radius 2 is 1.21 bits per heavy atom. The Bertz CT molecular complexity index is 1220. The van der Waals surface area contributed by atoms with Crippen LogP contribution in [0.15, 0.2) is 22.1 Å². The van der Waals surface area contributed by atoms with Gasteiger partial charge in [0.1, 0.15) is 5.78 Å². The third kappa shape index (κ3) is 28.4. The molecule has 0 aromatic heterocycles. The summed E-state index contributed by atoms with van der Waals surface area (Å²) < 4.78 is 0. The van der Waals surface area contributed by atoms with Crippen molar-refractivity contribution in [1.82, 2.24) is 0 Å². The van der Waals surface area contributed by atoms with Crippen LogP contribution in [-0.4, -0.2) is 80.5 Å². The molecule has 1 aliphatic heterocycles. The van der Waals surface area contributed by atoms with Crippen LogP contribution in [0.4, 0.5) is 0 Å². The van der Waals surface area contributed by atoms with Crippen LogP contribution < -0.4 is 17.2 Å². The number of allylic oxidation sites excluding steroid dienone is 2. The van der Waals surface area contributed by atoms with Gasteiger partial charge in [-0.25, -0.2) is 0 Å². The number of nitrogens with one attached hydrogen (secondary N) is 1. The largest absolute Gasteiger partial charge is 0.387 e. The maximum absolute atomic E-state index is 11.5. The van der Waals surface area contributed by atoms with E-state index in [4.69, 9.17) is 22.6 Å². The van der Waals surface area contributed by atoms with Gasteiger partial charge < -0.3 is 17.2 Å². The highest BCUT2D eigenvalue weighted by Crippen LogP contribution is 2.25. The van der Waals surface area contributed by atoms with E-state index in [1.165, 1.54) is 24.3 Å². The predicted molar refractivity (Wildman–Crippen MR) is 249 cm³/mol. The molecule has 0 bridgehead atoms. The van der Waals surface area contributed by atoms with Gasteiger partial charge in [0.2, 0.25) is 0 Å². The first-order valence-electron chi connectivity index (χ1n) is 20.6. The predicted octanol–water partition coefficient (Wildman–Crippen LogP) is 8.77. The van der Waals surface area contributed by atoms with Crippen molar-refractivity contribution in [1.29, 1.82) is 5.41 Å². The molecule has 7 N–H and O–H groups in total. The summed E-state index contributed by atoms with van der Waals surface area (Å²) in [4.78, 5) is 52.2. The zero-order valence-electron chi connectivity index (χ0n) is 36.9. The lowest BCUT2D eigenvalue weighted by atomic mass is 9.94. The minimum Gasteiger partial charge on any atom is -0.387 e. The van der Waals surface area contributed by atoms with E-state index < -0.39 is 0 Å². The molecule has 1 heterocycles. The minimum atomic E-state index is -0.116.